The standard InChI is InChI=1S/C14H10F5/c1-2-4-7-5-3-6-8(7)9-10(15)12(17)14(19)13(18)11(9)16/h3,5-6H,2,4H2,1H3. The van der Waals surface area contributed by atoms with Crippen molar-refractivity contribution >= 4 is 0 Å². The van der Waals surface area contributed by atoms with Gasteiger partial charge in [-0.05, 0) is 6.42 Å². The van der Waals surface area contributed by atoms with E-state index in [9.17, 15) is 22.0 Å². The Hall–Kier alpha value is -1.65. The maximum absolute atomic E-state index is 13.7. The van der Waals surface area contributed by atoms with Gasteiger partial charge in [0.05, 0.1) is 5.92 Å². The Kier molecular flexibility index (Phi) is 3.73. The van der Waals surface area contributed by atoms with Gasteiger partial charge in [0.2, 0.25) is 5.82 Å². The minimum atomic E-state index is -2.14. The zero-order valence-electron chi connectivity index (χ0n) is 10.0. The van der Waals surface area contributed by atoms with Gasteiger partial charge in [-0.15, -0.1) is 0 Å². The van der Waals surface area contributed by atoms with Gasteiger partial charge in [-0.2, -0.15) is 0 Å². The SMILES string of the molecule is CCCC1=CC=C[C]1c1c(F)c(F)c(F)c(F)c1F. The molecule has 101 valence electrons. The summed E-state index contributed by atoms with van der Waals surface area (Å²) in [6.07, 6.45) is 5.69. The smallest absolute Gasteiger partial charge is 0.200 e. The van der Waals surface area contributed by atoms with Crippen molar-refractivity contribution in [1.82, 2.24) is 0 Å². The quantitative estimate of drug-likeness (QED) is 0.429. The molecule has 0 saturated carbocycles. The number of allylic oxidation sites excluding steroid dienone is 4. The van der Waals surface area contributed by atoms with E-state index in [1.807, 2.05) is 6.92 Å². The van der Waals surface area contributed by atoms with Crippen LogP contribution in [0.15, 0.2) is 23.8 Å². The summed E-state index contributed by atoms with van der Waals surface area (Å²) in [6, 6.07) is 0. The molecule has 0 bridgehead atoms. The molecule has 1 radical (unpaired) electrons. The average Bonchev–Trinajstić information content (AvgIpc) is 2.83. The van der Waals surface area contributed by atoms with Gasteiger partial charge < -0.3 is 0 Å². The van der Waals surface area contributed by atoms with Crippen molar-refractivity contribution in [2.24, 2.45) is 0 Å². The van der Waals surface area contributed by atoms with E-state index < -0.39 is 34.6 Å². The van der Waals surface area contributed by atoms with Crippen molar-refractivity contribution < 1.29 is 22.0 Å². The molecular formula is C14H10F5. The second kappa shape index (κ2) is 5.15. The van der Waals surface area contributed by atoms with E-state index in [4.69, 9.17) is 0 Å². The molecule has 0 nitrogen and oxygen atoms in total. The highest BCUT2D eigenvalue weighted by Gasteiger charge is 2.32. The fourth-order valence-electron chi connectivity index (χ4n) is 2.03. The third-order valence-electron chi connectivity index (χ3n) is 2.90. The molecule has 1 aliphatic rings. The van der Waals surface area contributed by atoms with Crippen molar-refractivity contribution in [1.29, 1.82) is 0 Å². The second-order valence-electron chi connectivity index (χ2n) is 4.16. The van der Waals surface area contributed by atoms with Gasteiger partial charge in [-0.1, -0.05) is 37.1 Å². The van der Waals surface area contributed by atoms with E-state index in [0.29, 0.717) is 18.4 Å². The summed E-state index contributed by atoms with van der Waals surface area (Å²) in [5.41, 5.74) is -0.296. The molecule has 0 saturated heterocycles. The number of hydrogen-bond donors (Lipinski definition) is 0. The number of rotatable bonds is 3. The highest BCUT2D eigenvalue weighted by atomic mass is 19.2. The molecule has 0 N–H and O–H groups in total. The molecule has 1 aliphatic carbocycles. The van der Waals surface area contributed by atoms with Crippen LogP contribution in [0.5, 0.6) is 0 Å². The van der Waals surface area contributed by atoms with Gasteiger partial charge in [0.25, 0.3) is 0 Å². The van der Waals surface area contributed by atoms with Gasteiger partial charge in [0.1, 0.15) is 0 Å². The maximum atomic E-state index is 13.7. The first kappa shape index (κ1) is 13.8. The van der Waals surface area contributed by atoms with Crippen molar-refractivity contribution in [3.8, 4) is 0 Å². The van der Waals surface area contributed by atoms with Crippen molar-refractivity contribution in [2.45, 2.75) is 19.8 Å². The van der Waals surface area contributed by atoms with Gasteiger partial charge in [-0.3, -0.25) is 0 Å². The molecule has 0 heterocycles. The van der Waals surface area contributed by atoms with Crippen LogP contribution in [-0.2, 0) is 0 Å². The van der Waals surface area contributed by atoms with Crippen LogP contribution in [0.4, 0.5) is 22.0 Å². The average molecular weight is 273 g/mol. The molecule has 1 aromatic rings. The van der Waals surface area contributed by atoms with Crippen LogP contribution < -0.4 is 0 Å². The Morgan fingerprint density at radius 3 is 1.89 bits per heavy atom. The summed E-state index contributed by atoms with van der Waals surface area (Å²) < 4.78 is 66.6. The summed E-state index contributed by atoms with van der Waals surface area (Å²) in [5, 5.41) is 0. The predicted octanol–water partition coefficient (Wildman–Crippen LogP) is 4.60. The number of hydrogen-bond acceptors (Lipinski definition) is 0. The summed E-state index contributed by atoms with van der Waals surface area (Å²) >= 11 is 0. The second-order valence-corrected chi connectivity index (χ2v) is 4.16. The molecule has 0 aliphatic heterocycles. The minimum Gasteiger partial charge on any atom is -0.203 e. The zero-order valence-corrected chi connectivity index (χ0v) is 10.0. The number of halogens is 5. The summed E-state index contributed by atoms with van der Waals surface area (Å²) in [6.45, 7) is 1.86. The van der Waals surface area contributed by atoms with E-state index in [-0.39, 0.29) is 5.92 Å². The Labute approximate surface area is 107 Å². The molecule has 0 spiro atoms. The van der Waals surface area contributed by atoms with Crippen molar-refractivity contribution in [2.75, 3.05) is 0 Å². The fourth-order valence-corrected chi connectivity index (χ4v) is 2.03. The molecule has 0 atom stereocenters. The minimum absolute atomic E-state index is 0.0506. The van der Waals surface area contributed by atoms with E-state index in [1.165, 1.54) is 12.2 Å². The van der Waals surface area contributed by atoms with Crippen LogP contribution in [0.3, 0.4) is 0 Å². The summed E-state index contributed by atoms with van der Waals surface area (Å²) in [4.78, 5) is 0. The molecule has 0 unspecified atom stereocenters. The first-order valence-electron chi connectivity index (χ1n) is 5.75. The first-order valence-corrected chi connectivity index (χ1v) is 5.75. The Morgan fingerprint density at radius 2 is 1.37 bits per heavy atom. The fraction of sp³-hybridized carbons (Fsp3) is 0.214. The molecule has 5 heteroatoms. The van der Waals surface area contributed by atoms with Crippen LogP contribution >= 0.6 is 0 Å². The van der Waals surface area contributed by atoms with Crippen molar-refractivity contribution in [3.05, 3.63) is 64.4 Å². The summed E-state index contributed by atoms with van der Waals surface area (Å²) in [7, 11) is 0. The number of benzene rings is 1. The van der Waals surface area contributed by atoms with Crippen LogP contribution in [0.25, 0.3) is 0 Å². The summed E-state index contributed by atoms with van der Waals surface area (Å²) in [5.74, 6) is -9.51. The van der Waals surface area contributed by atoms with Crippen LogP contribution in [-0.4, -0.2) is 0 Å². The lowest BCUT2D eigenvalue weighted by atomic mass is 9.90. The van der Waals surface area contributed by atoms with Gasteiger partial charge >= 0.3 is 0 Å². The molecule has 0 aromatic heterocycles. The molecule has 0 amide bonds. The lowest BCUT2D eigenvalue weighted by Crippen LogP contribution is -2.11. The largest absolute Gasteiger partial charge is 0.203 e. The predicted molar refractivity (Wildman–Crippen MR) is 60.7 cm³/mol. The van der Waals surface area contributed by atoms with Crippen molar-refractivity contribution in [3.63, 3.8) is 0 Å². The van der Waals surface area contributed by atoms with Gasteiger partial charge in [0, 0.05) is 5.56 Å². The Bertz CT molecular complexity index is 543. The monoisotopic (exact) mass is 273 g/mol. The molecule has 0 fully saturated rings. The molecular weight excluding hydrogens is 263 g/mol. The Balaban J connectivity index is 2.58. The van der Waals surface area contributed by atoms with Gasteiger partial charge in [0.15, 0.2) is 23.3 Å². The van der Waals surface area contributed by atoms with E-state index >= 15 is 0 Å². The van der Waals surface area contributed by atoms with E-state index in [0.717, 1.165) is 0 Å². The third-order valence-corrected chi connectivity index (χ3v) is 2.90. The first-order chi connectivity index (χ1) is 8.99. The maximum Gasteiger partial charge on any atom is 0.200 e. The molecule has 2 rings (SSSR count). The van der Waals surface area contributed by atoms with Crippen LogP contribution in [0.2, 0.25) is 0 Å². The lowest BCUT2D eigenvalue weighted by molar-refractivity contribution is 0.373. The van der Waals surface area contributed by atoms with Crippen LogP contribution in [0.1, 0.15) is 25.3 Å². The highest BCUT2D eigenvalue weighted by molar-refractivity contribution is 5.56. The normalized spacial score (nSPS) is 15.2. The van der Waals surface area contributed by atoms with E-state index in [1.54, 1.807) is 6.08 Å². The zero-order chi connectivity index (χ0) is 14.2. The highest BCUT2D eigenvalue weighted by Crippen LogP contribution is 2.37. The Morgan fingerprint density at radius 1 is 0.842 bits per heavy atom. The topological polar surface area (TPSA) is 0 Å². The molecule has 19 heavy (non-hydrogen) atoms. The third kappa shape index (κ3) is 2.17. The van der Waals surface area contributed by atoms with Gasteiger partial charge in [-0.25, -0.2) is 22.0 Å². The lowest BCUT2D eigenvalue weighted by Gasteiger charge is -2.16. The van der Waals surface area contributed by atoms with Crippen LogP contribution in [0, 0.1) is 35.0 Å². The molecule has 1 aromatic carbocycles. The van der Waals surface area contributed by atoms with E-state index in [2.05, 4.69) is 0 Å².